The third kappa shape index (κ3) is 4.02. The number of benzene rings is 1. The summed E-state index contributed by atoms with van der Waals surface area (Å²) in [5.74, 6) is 0.353. The molecule has 1 aromatic carbocycles. The van der Waals surface area contributed by atoms with Gasteiger partial charge in [0.2, 0.25) is 0 Å². The molecule has 0 heterocycles. The molecule has 1 aromatic rings. The fourth-order valence-electron chi connectivity index (χ4n) is 1.84. The van der Waals surface area contributed by atoms with E-state index in [1.807, 2.05) is 19.2 Å². The minimum atomic E-state index is -0.0599. The van der Waals surface area contributed by atoms with Crippen LogP contribution in [0.1, 0.15) is 31.9 Å². The summed E-state index contributed by atoms with van der Waals surface area (Å²) in [5, 5.41) is 18.7. The van der Waals surface area contributed by atoms with E-state index >= 15 is 0 Å². The average molecular weight is 237 g/mol. The summed E-state index contributed by atoms with van der Waals surface area (Å²) in [7, 11) is 1.97. The average Bonchev–Trinajstić information content (AvgIpc) is 2.19. The molecule has 0 fully saturated rings. The van der Waals surface area contributed by atoms with E-state index in [2.05, 4.69) is 25.7 Å². The molecule has 17 heavy (non-hydrogen) atoms. The van der Waals surface area contributed by atoms with Gasteiger partial charge in [-0.25, -0.2) is 0 Å². The molecule has 3 nitrogen and oxygen atoms in total. The smallest absolute Gasteiger partial charge is 0.119 e. The molecule has 96 valence electrons. The molecule has 3 heteroatoms. The van der Waals surface area contributed by atoms with Crippen LogP contribution in [0.15, 0.2) is 18.2 Å². The Bertz CT molecular complexity index is 369. The highest BCUT2D eigenvalue weighted by Gasteiger charge is 2.18. The van der Waals surface area contributed by atoms with Crippen LogP contribution in [-0.2, 0) is 12.0 Å². The van der Waals surface area contributed by atoms with Crippen LogP contribution >= 0.6 is 0 Å². The summed E-state index contributed by atoms with van der Waals surface area (Å²) in [4.78, 5) is 2.05. The molecule has 0 spiro atoms. The van der Waals surface area contributed by atoms with Crippen LogP contribution in [0.2, 0.25) is 0 Å². The van der Waals surface area contributed by atoms with E-state index in [0.29, 0.717) is 12.3 Å². The zero-order valence-electron chi connectivity index (χ0n) is 11.2. The monoisotopic (exact) mass is 237 g/mol. The molecule has 0 unspecified atom stereocenters. The maximum absolute atomic E-state index is 9.85. The highest BCUT2D eigenvalue weighted by atomic mass is 16.3. The van der Waals surface area contributed by atoms with Gasteiger partial charge < -0.3 is 10.2 Å². The predicted octanol–water partition coefficient (Wildman–Crippen LogP) is 2.11. The highest BCUT2D eigenvalue weighted by Crippen LogP contribution is 2.31. The normalized spacial score (nSPS) is 12.1. The van der Waals surface area contributed by atoms with E-state index in [0.717, 1.165) is 17.7 Å². The lowest BCUT2D eigenvalue weighted by Crippen LogP contribution is -2.22. The van der Waals surface area contributed by atoms with E-state index in [4.69, 9.17) is 5.11 Å². The quantitative estimate of drug-likeness (QED) is 0.843. The lowest BCUT2D eigenvalue weighted by molar-refractivity contribution is 0.217. The summed E-state index contributed by atoms with van der Waals surface area (Å²) in [6, 6.07) is 5.73. The molecule has 0 amide bonds. The summed E-state index contributed by atoms with van der Waals surface area (Å²) >= 11 is 0. The van der Waals surface area contributed by atoms with Gasteiger partial charge in [0.05, 0.1) is 6.61 Å². The van der Waals surface area contributed by atoms with Crippen molar-refractivity contribution in [2.45, 2.75) is 32.7 Å². The Kier molecular flexibility index (Phi) is 4.54. The van der Waals surface area contributed by atoms with Gasteiger partial charge in [-0.05, 0) is 29.7 Å². The number of rotatable bonds is 4. The number of nitrogens with zero attached hydrogens (tertiary/aromatic N) is 1. The molecule has 0 atom stereocenters. The Hall–Kier alpha value is -1.06. The van der Waals surface area contributed by atoms with Crippen LogP contribution < -0.4 is 0 Å². The van der Waals surface area contributed by atoms with Crippen molar-refractivity contribution in [3.05, 3.63) is 29.3 Å². The zero-order chi connectivity index (χ0) is 13.1. The fraction of sp³-hybridized carbons (Fsp3) is 0.571. The molecule has 0 saturated carbocycles. The van der Waals surface area contributed by atoms with Crippen LogP contribution in [0.3, 0.4) is 0 Å². The molecular formula is C14H23NO2. The van der Waals surface area contributed by atoms with Crippen molar-refractivity contribution < 1.29 is 10.2 Å². The second-order valence-electron chi connectivity index (χ2n) is 5.56. The van der Waals surface area contributed by atoms with Gasteiger partial charge in [-0.1, -0.05) is 32.9 Å². The topological polar surface area (TPSA) is 43.7 Å². The molecule has 0 aliphatic heterocycles. The Morgan fingerprint density at radius 3 is 2.41 bits per heavy atom. The summed E-state index contributed by atoms with van der Waals surface area (Å²) in [6.45, 7) is 7.87. The van der Waals surface area contributed by atoms with Gasteiger partial charge >= 0.3 is 0 Å². The van der Waals surface area contributed by atoms with Crippen LogP contribution in [0, 0.1) is 0 Å². The van der Waals surface area contributed by atoms with Gasteiger partial charge in [-0.3, -0.25) is 4.90 Å². The molecule has 0 aliphatic rings. The molecular weight excluding hydrogens is 214 g/mol. The van der Waals surface area contributed by atoms with Gasteiger partial charge in [-0.2, -0.15) is 0 Å². The van der Waals surface area contributed by atoms with Crippen LogP contribution in [0.5, 0.6) is 5.75 Å². The number of aromatic hydroxyl groups is 1. The highest BCUT2D eigenvalue weighted by molar-refractivity contribution is 5.40. The molecule has 0 aliphatic carbocycles. The first-order chi connectivity index (χ1) is 7.84. The van der Waals surface area contributed by atoms with E-state index in [1.165, 1.54) is 0 Å². The largest absolute Gasteiger partial charge is 0.508 e. The van der Waals surface area contributed by atoms with Gasteiger partial charge in [0, 0.05) is 13.1 Å². The number of hydrogen-bond acceptors (Lipinski definition) is 3. The van der Waals surface area contributed by atoms with Crippen molar-refractivity contribution in [3.63, 3.8) is 0 Å². The van der Waals surface area contributed by atoms with Gasteiger partial charge in [0.15, 0.2) is 0 Å². The van der Waals surface area contributed by atoms with Gasteiger partial charge in [0.1, 0.15) is 5.75 Å². The number of hydrogen-bond donors (Lipinski definition) is 2. The second kappa shape index (κ2) is 5.52. The van der Waals surface area contributed by atoms with Gasteiger partial charge in [-0.15, -0.1) is 0 Å². The Morgan fingerprint density at radius 2 is 1.88 bits per heavy atom. The Balaban J connectivity index is 2.89. The van der Waals surface area contributed by atoms with Crippen LogP contribution in [0.4, 0.5) is 0 Å². The first kappa shape index (κ1) is 14.0. The van der Waals surface area contributed by atoms with Crippen molar-refractivity contribution in [1.29, 1.82) is 0 Å². The van der Waals surface area contributed by atoms with Crippen molar-refractivity contribution in [3.8, 4) is 5.75 Å². The molecule has 0 bridgehead atoms. The SMILES string of the molecule is CN(CCO)Cc1ccc(O)c(C(C)(C)C)c1. The molecule has 0 saturated heterocycles. The minimum absolute atomic E-state index is 0.0599. The van der Waals surface area contributed by atoms with E-state index in [9.17, 15) is 5.11 Å². The van der Waals surface area contributed by atoms with Crippen molar-refractivity contribution in [1.82, 2.24) is 4.90 Å². The number of likely N-dealkylation sites (N-methyl/N-ethyl adjacent to an activating group) is 1. The van der Waals surface area contributed by atoms with E-state index < -0.39 is 0 Å². The first-order valence-corrected chi connectivity index (χ1v) is 5.96. The third-order valence-corrected chi connectivity index (χ3v) is 2.80. The standard InChI is InChI=1S/C14H23NO2/c1-14(2,3)12-9-11(5-6-13(12)17)10-15(4)7-8-16/h5-6,9,16-17H,7-8,10H2,1-4H3. The molecule has 1 rings (SSSR count). The molecule has 2 N–H and O–H groups in total. The van der Waals surface area contributed by atoms with Crippen LogP contribution in [0.25, 0.3) is 0 Å². The minimum Gasteiger partial charge on any atom is -0.508 e. The van der Waals surface area contributed by atoms with Crippen molar-refractivity contribution in [2.75, 3.05) is 20.2 Å². The summed E-state index contributed by atoms with van der Waals surface area (Å²) < 4.78 is 0. The molecule has 0 aromatic heterocycles. The van der Waals surface area contributed by atoms with E-state index in [1.54, 1.807) is 6.07 Å². The third-order valence-electron chi connectivity index (χ3n) is 2.80. The molecule has 0 radical (unpaired) electrons. The number of phenolic OH excluding ortho intramolecular Hbond substituents is 1. The lowest BCUT2D eigenvalue weighted by atomic mass is 9.85. The Morgan fingerprint density at radius 1 is 1.24 bits per heavy atom. The zero-order valence-corrected chi connectivity index (χ0v) is 11.2. The summed E-state index contributed by atoms with van der Waals surface area (Å²) in [5.41, 5.74) is 2.06. The van der Waals surface area contributed by atoms with Crippen molar-refractivity contribution >= 4 is 0 Å². The van der Waals surface area contributed by atoms with Crippen LogP contribution in [-0.4, -0.2) is 35.3 Å². The van der Waals surface area contributed by atoms with E-state index in [-0.39, 0.29) is 12.0 Å². The maximum atomic E-state index is 9.85. The number of aliphatic hydroxyl groups is 1. The second-order valence-corrected chi connectivity index (χ2v) is 5.56. The number of phenols is 1. The fourth-order valence-corrected chi connectivity index (χ4v) is 1.84. The first-order valence-electron chi connectivity index (χ1n) is 5.96. The lowest BCUT2D eigenvalue weighted by Gasteiger charge is -2.22. The predicted molar refractivity (Wildman–Crippen MR) is 70.2 cm³/mol. The number of aliphatic hydroxyl groups excluding tert-OH is 1. The Labute approximate surface area is 104 Å². The maximum Gasteiger partial charge on any atom is 0.119 e. The van der Waals surface area contributed by atoms with Gasteiger partial charge in [0.25, 0.3) is 0 Å². The van der Waals surface area contributed by atoms with Crippen molar-refractivity contribution in [2.24, 2.45) is 0 Å². The summed E-state index contributed by atoms with van der Waals surface area (Å²) in [6.07, 6.45) is 0.